The Labute approximate surface area is 67.3 Å². The highest BCUT2D eigenvalue weighted by molar-refractivity contribution is 6.07. The van der Waals surface area contributed by atoms with Crippen LogP contribution in [0.4, 0.5) is 4.79 Å². The Hall–Kier alpha value is -1.72. The van der Waals surface area contributed by atoms with Gasteiger partial charge in [-0.05, 0) is 0 Å². The molecule has 0 aromatic heterocycles. The maximum absolute atomic E-state index is 10.8. The monoisotopic (exact) mass is 170 g/mol. The summed E-state index contributed by atoms with van der Waals surface area (Å²) in [5.74, 6) is -1.86. The smallest absolute Gasteiger partial charge is 0.322 e. The van der Waals surface area contributed by atoms with Crippen molar-refractivity contribution in [3.8, 4) is 0 Å². The minimum Gasteiger partial charge on any atom is -0.327 e. The highest BCUT2D eigenvalue weighted by atomic mass is 16.2. The Morgan fingerprint density at radius 2 is 1.83 bits per heavy atom. The van der Waals surface area contributed by atoms with E-state index >= 15 is 0 Å². The molecule has 0 saturated carbocycles. The SMILES string of the molecule is O=CC1NC(=O)NC(=O)C1C=O. The number of nitrogens with one attached hydrogen (secondary N) is 2. The number of aldehydes is 2. The summed E-state index contributed by atoms with van der Waals surface area (Å²) in [6.45, 7) is 0. The highest BCUT2D eigenvalue weighted by Gasteiger charge is 2.34. The maximum atomic E-state index is 10.8. The van der Waals surface area contributed by atoms with Gasteiger partial charge >= 0.3 is 6.03 Å². The largest absolute Gasteiger partial charge is 0.327 e. The number of hydrogen-bond acceptors (Lipinski definition) is 4. The molecule has 1 fully saturated rings. The summed E-state index contributed by atoms with van der Waals surface area (Å²) >= 11 is 0. The van der Waals surface area contributed by atoms with Crippen molar-refractivity contribution in [2.75, 3.05) is 0 Å². The van der Waals surface area contributed by atoms with Gasteiger partial charge in [0.2, 0.25) is 5.91 Å². The van der Waals surface area contributed by atoms with Gasteiger partial charge in [-0.25, -0.2) is 4.79 Å². The first-order chi connectivity index (χ1) is 5.69. The molecule has 0 spiro atoms. The van der Waals surface area contributed by atoms with Gasteiger partial charge in [-0.15, -0.1) is 0 Å². The molecule has 1 rings (SSSR count). The van der Waals surface area contributed by atoms with Crippen molar-refractivity contribution in [3.63, 3.8) is 0 Å². The minimum atomic E-state index is -1.11. The van der Waals surface area contributed by atoms with Crippen molar-refractivity contribution >= 4 is 24.5 Å². The summed E-state index contributed by atoms with van der Waals surface area (Å²) in [6, 6.07) is -1.79. The molecule has 0 radical (unpaired) electrons. The van der Waals surface area contributed by atoms with Crippen molar-refractivity contribution in [2.24, 2.45) is 5.92 Å². The molecule has 3 amide bonds. The van der Waals surface area contributed by atoms with Crippen molar-refractivity contribution in [3.05, 3.63) is 0 Å². The van der Waals surface area contributed by atoms with Crippen LogP contribution in [0.5, 0.6) is 0 Å². The maximum Gasteiger partial charge on any atom is 0.322 e. The van der Waals surface area contributed by atoms with Gasteiger partial charge in [0.1, 0.15) is 24.5 Å². The number of rotatable bonds is 2. The molecule has 1 aliphatic heterocycles. The molecule has 12 heavy (non-hydrogen) atoms. The predicted octanol–water partition coefficient (Wildman–Crippen LogP) is -1.79. The van der Waals surface area contributed by atoms with Gasteiger partial charge in [0.05, 0.1) is 0 Å². The van der Waals surface area contributed by atoms with Gasteiger partial charge < -0.3 is 14.9 Å². The minimum absolute atomic E-state index is 0.327. The van der Waals surface area contributed by atoms with E-state index in [0.29, 0.717) is 12.6 Å². The van der Waals surface area contributed by atoms with Gasteiger partial charge in [0.15, 0.2) is 0 Å². The van der Waals surface area contributed by atoms with Crippen molar-refractivity contribution in [1.29, 1.82) is 0 Å². The number of hydrogen-bond donors (Lipinski definition) is 2. The first-order valence-electron chi connectivity index (χ1n) is 3.21. The first kappa shape index (κ1) is 8.38. The van der Waals surface area contributed by atoms with Gasteiger partial charge in [0.25, 0.3) is 0 Å². The van der Waals surface area contributed by atoms with Gasteiger partial charge in [-0.1, -0.05) is 0 Å². The number of carbonyl (C=O) groups is 4. The van der Waals surface area contributed by atoms with Crippen LogP contribution in [0.2, 0.25) is 0 Å². The molecule has 0 bridgehead atoms. The lowest BCUT2D eigenvalue weighted by atomic mass is 10.0. The molecule has 2 N–H and O–H groups in total. The van der Waals surface area contributed by atoms with Crippen LogP contribution >= 0.6 is 0 Å². The Morgan fingerprint density at radius 1 is 1.17 bits per heavy atom. The van der Waals surface area contributed by atoms with E-state index in [1.54, 1.807) is 0 Å². The van der Waals surface area contributed by atoms with E-state index < -0.39 is 23.9 Å². The summed E-state index contributed by atoms with van der Waals surface area (Å²) in [5.41, 5.74) is 0. The van der Waals surface area contributed by atoms with Gasteiger partial charge in [-0.2, -0.15) is 0 Å². The lowest BCUT2D eigenvalue weighted by Crippen LogP contribution is -2.59. The summed E-state index contributed by atoms with van der Waals surface area (Å²) in [4.78, 5) is 42.0. The number of imide groups is 1. The lowest BCUT2D eigenvalue weighted by Gasteiger charge is -2.23. The molecule has 6 nitrogen and oxygen atoms in total. The third-order valence-corrected chi connectivity index (χ3v) is 1.52. The fourth-order valence-electron chi connectivity index (χ4n) is 0.901. The van der Waals surface area contributed by atoms with Crippen LogP contribution < -0.4 is 10.6 Å². The van der Waals surface area contributed by atoms with E-state index in [1.165, 1.54) is 0 Å². The third-order valence-electron chi connectivity index (χ3n) is 1.52. The number of urea groups is 1. The highest BCUT2D eigenvalue weighted by Crippen LogP contribution is 2.02. The number of amides is 3. The zero-order valence-electron chi connectivity index (χ0n) is 5.94. The van der Waals surface area contributed by atoms with Crippen molar-refractivity contribution < 1.29 is 19.2 Å². The molecule has 2 unspecified atom stereocenters. The summed E-state index contributed by atoms with van der Waals surface area (Å²) in [7, 11) is 0. The summed E-state index contributed by atoms with van der Waals surface area (Å²) in [5, 5.41) is 3.99. The van der Waals surface area contributed by atoms with E-state index in [-0.39, 0.29) is 0 Å². The second-order valence-electron chi connectivity index (χ2n) is 2.29. The third kappa shape index (κ3) is 1.31. The Bertz CT molecular complexity index is 250. The predicted molar refractivity (Wildman–Crippen MR) is 36.1 cm³/mol. The molecule has 64 valence electrons. The first-order valence-corrected chi connectivity index (χ1v) is 3.21. The van der Waals surface area contributed by atoms with Gasteiger partial charge in [-0.3, -0.25) is 10.1 Å². The normalized spacial score (nSPS) is 28.7. The molecular formula is C6H6N2O4. The van der Waals surface area contributed by atoms with Crippen LogP contribution in [-0.2, 0) is 14.4 Å². The van der Waals surface area contributed by atoms with Crippen molar-refractivity contribution in [1.82, 2.24) is 10.6 Å². The van der Waals surface area contributed by atoms with Crippen LogP contribution in [-0.4, -0.2) is 30.6 Å². The van der Waals surface area contributed by atoms with Crippen LogP contribution in [0.15, 0.2) is 0 Å². The Kier molecular flexibility index (Phi) is 2.18. The lowest BCUT2D eigenvalue weighted by molar-refractivity contribution is -0.132. The topological polar surface area (TPSA) is 92.3 Å². The second-order valence-corrected chi connectivity index (χ2v) is 2.29. The number of carbonyl (C=O) groups excluding carboxylic acids is 4. The van der Waals surface area contributed by atoms with E-state index in [4.69, 9.17) is 0 Å². The summed E-state index contributed by atoms with van der Waals surface area (Å²) in [6.07, 6.45) is 0.684. The molecule has 6 heteroatoms. The summed E-state index contributed by atoms with van der Waals surface area (Å²) < 4.78 is 0. The van der Waals surface area contributed by atoms with Crippen LogP contribution in [0.3, 0.4) is 0 Å². The van der Waals surface area contributed by atoms with E-state index in [1.807, 2.05) is 5.32 Å². The Balaban J connectivity index is 2.82. The van der Waals surface area contributed by atoms with Crippen LogP contribution in [0.1, 0.15) is 0 Å². The molecule has 1 aliphatic rings. The molecular weight excluding hydrogens is 164 g/mol. The molecule has 0 aliphatic carbocycles. The van der Waals surface area contributed by atoms with Crippen LogP contribution in [0.25, 0.3) is 0 Å². The van der Waals surface area contributed by atoms with Crippen molar-refractivity contribution in [2.45, 2.75) is 6.04 Å². The average molecular weight is 170 g/mol. The van der Waals surface area contributed by atoms with Crippen LogP contribution in [0, 0.1) is 5.92 Å². The van der Waals surface area contributed by atoms with E-state index in [0.717, 1.165) is 0 Å². The molecule has 0 aromatic carbocycles. The standard InChI is InChI=1S/C6H6N2O4/c9-1-3-4(2-10)7-6(12)8-5(3)11/h1-4H,(H2,7,8,11,12). The van der Waals surface area contributed by atoms with Gasteiger partial charge in [0, 0.05) is 0 Å². The Morgan fingerprint density at radius 3 is 2.33 bits per heavy atom. The van der Waals surface area contributed by atoms with E-state index in [2.05, 4.69) is 5.32 Å². The zero-order valence-corrected chi connectivity index (χ0v) is 5.94. The molecule has 2 atom stereocenters. The average Bonchev–Trinajstić information content (AvgIpc) is 2.03. The molecule has 1 saturated heterocycles. The molecule has 1 heterocycles. The second kappa shape index (κ2) is 3.12. The zero-order chi connectivity index (χ0) is 9.14. The fraction of sp³-hybridized carbons (Fsp3) is 0.333. The fourth-order valence-corrected chi connectivity index (χ4v) is 0.901. The molecule has 0 aromatic rings. The van der Waals surface area contributed by atoms with E-state index in [9.17, 15) is 19.2 Å². The quantitative estimate of drug-likeness (QED) is 0.378.